The van der Waals surface area contributed by atoms with E-state index < -0.39 is 6.10 Å². The van der Waals surface area contributed by atoms with Gasteiger partial charge in [-0.3, -0.25) is 4.79 Å². The molecule has 0 aromatic heterocycles. The highest BCUT2D eigenvalue weighted by molar-refractivity contribution is 5.81. The average molecular weight is 230 g/mol. The Hall–Kier alpha value is -0.610. The second-order valence-corrected chi connectivity index (χ2v) is 5.44. The first-order chi connectivity index (χ1) is 7.26. The topological polar surface area (TPSA) is 61.4 Å². The summed E-state index contributed by atoms with van der Waals surface area (Å²) in [7, 11) is 0. The Kier molecular flexibility index (Phi) is 6.60. The highest BCUT2D eigenvalue weighted by Gasteiger charge is 2.18. The van der Waals surface area contributed by atoms with Crippen LogP contribution in [0.5, 0.6) is 0 Å². The molecule has 96 valence electrons. The molecule has 0 heterocycles. The van der Waals surface area contributed by atoms with Crippen LogP contribution in [0.2, 0.25) is 0 Å². The minimum absolute atomic E-state index is 0.0227. The van der Waals surface area contributed by atoms with Crippen LogP contribution in [0.3, 0.4) is 0 Å². The van der Waals surface area contributed by atoms with Gasteiger partial charge < -0.3 is 15.7 Å². The Morgan fingerprint density at radius 2 is 1.94 bits per heavy atom. The van der Waals surface area contributed by atoms with Gasteiger partial charge in [0.1, 0.15) is 0 Å². The molecule has 0 spiro atoms. The summed E-state index contributed by atoms with van der Waals surface area (Å²) in [5, 5.41) is 15.5. The molecule has 0 aromatic rings. The molecule has 0 rings (SSSR count). The summed E-state index contributed by atoms with van der Waals surface area (Å²) in [6, 6.07) is -0.255. The standard InChI is InChI=1S/C12H26N2O2/c1-6-13-11(16)9(2)14-8-10(15)7-12(3,4)5/h9-10,14-15H,6-8H2,1-5H3,(H,13,16). The van der Waals surface area contributed by atoms with Gasteiger partial charge >= 0.3 is 0 Å². The van der Waals surface area contributed by atoms with E-state index in [1.165, 1.54) is 0 Å². The Morgan fingerprint density at radius 1 is 1.38 bits per heavy atom. The second kappa shape index (κ2) is 6.86. The van der Waals surface area contributed by atoms with Crippen LogP contribution in [0.15, 0.2) is 0 Å². The van der Waals surface area contributed by atoms with Crippen LogP contribution in [-0.2, 0) is 4.79 Å². The first-order valence-corrected chi connectivity index (χ1v) is 5.95. The number of hydrogen-bond acceptors (Lipinski definition) is 3. The number of hydrogen-bond donors (Lipinski definition) is 3. The number of aliphatic hydroxyl groups excluding tert-OH is 1. The second-order valence-electron chi connectivity index (χ2n) is 5.44. The molecule has 0 aromatic carbocycles. The van der Waals surface area contributed by atoms with Crippen molar-refractivity contribution >= 4 is 5.91 Å². The maximum absolute atomic E-state index is 11.4. The number of amides is 1. The van der Waals surface area contributed by atoms with Crippen LogP contribution in [0.25, 0.3) is 0 Å². The van der Waals surface area contributed by atoms with Crippen molar-refractivity contribution in [1.82, 2.24) is 10.6 Å². The zero-order valence-corrected chi connectivity index (χ0v) is 11.1. The first-order valence-electron chi connectivity index (χ1n) is 5.95. The van der Waals surface area contributed by atoms with E-state index in [4.69, 9.17) is 0 Å². The molecule has 4 heteroatoms. The Morgan fingerprint density at radius 3 is 2.38 bits per heavy atom. The molecule has 0 saturated carbocycles. The summed E-state index contributed by atoms with van der Waals surface area (Å²) in [4.78, 5) is 11.4. The molecule has 3 N–H and O–H groups in total. The van der Waals surface area contributed by atoms with Gasteiger partial charge in [0.25, 0.3) is 0 Å². The monoisotopic (exact) mass is 230 g/mol. The normalized spacial score (nSPS) is 15.6. The van der Waals surface area contributed by atoms with E-state index in [-0.39, 0.29) is 17.4 Å². The molecule has 0 aliphatic heterocycles. The minimum Gasteiger partial charge on any atom is -0.392 e. The SMILES string of the molecule is CCNC(=O)C(C)NCC(O)CC(C)(C)C. The largest absolute Gasteiger partial charge is 0.392 e. The van der Waals surface area contributed by atoms with Gasteiger partial charge in [0.05, 0.1) is 12.1 Å². The van der Waals surface area contributed by atoms with Gasteiger partial charge in [0.15, 0.2) is 0 Å². The van der Waals surface area contributed by atoms with Crippen molar-refractivity contribution < 1.29 is 9.90 Å². The molecule has 0 bridgehead atoms. The van der Waals surface area contributed by atoms with Crippen LogP contribution in [0.4, 0.5) is 0 Å². The molecule has 2 atom stereocenters. The third-order valence-electron chi connectivity index (χ3n) is 2.25. The Balaban J connectivity index is 3.83. The van der Waals surface area contributed by atoms with E-state index in [2.05, 4.69) is 31.4 Å². The summed E-state index contributed by atoms with van der Waals surface area (Å²) in [5.74, 6) is -0.0227. The van der Waals surface area contributed by atoms with Crippen molar-refractivity contribution in [3.05, 3.63) is 0 Å². The molecule has 0 radical (unpaired) electrons. The number of nitrogens with one attached hydrogen (secondary N) is 2. The summed E-state index contributed by atoms with van der Waals surface area (Å²) >= 11 is 0. The fourth-order valence-electron chi connectivity index (χ4n) is 1.51. The number of carbonyl (C=O) groups excluding carboxylic acids is 1. The lowest BCUT2D eigenvalue weighted by atomic mass is 9.89. The number of carbonyl (C=O) groups is 1. The predicted octanol–water partition coefficient (Wildman–Crippen LogP) is 0.898. The van der Waals surface area contributed by atoms with E-state index >= 15 is 0 Å². The number of aliphatic hydroxyl groups is 1. The van der Waals surface area contributed by atoms with Crippen molar-refractivity contribution in [2.45, 2.75) is 53.2 Å². The lowest BCUT2D eigenvalue weighted by Gasteiger charge is -2.23. The molecule has 0 saturated heterocycles. The fourth-order valence-corrected chi connectivity index (χ4v) is 1.51. The molecule has 1 amide bonds. The van der Waals surface area contributed by atoms with Crippen molar-refractivity contribution in [2.75, 3.05) is 13.1 Å². The fraction of sp³-hybridized carbons (Fsp3) is 0.917. The van der Waals surface area contributed by atoms with Crippen LogP contribution in [0.1, 0.15) is 41.0 Å². The summed E-state index contributed by atoms with van der Waals surface area (Å²) in [6.07, 6.45) is 0.319. The molecule has 0 fully saturated rings. The third-order valence-corrected chi connectivity index (χ3v) is 2.25. The van der Waals surface area contributed by atoms with E-state index in [1.54, 1.807) is 6.92 Å². The summed E-state index contributed by atoms with van der Waals surface area (Å²) in [5.41, 5.74) is 0.107. The maximum Gasteiger partial charge on any atom is 0.236 e. The predicted molar refractivity (Wildman–Crippen MR) is 66.2 cm³/mol. The van der Waals surface area contributed by atoms with E-state index in [1.807, 2.05) is 6.92 Å². The van der Waals surface area contributed by atoms with E-state index in [9.17, 15) is 9.90 Å². The molecule has 4 nitrogen and oxygen atoms in total. The third kappa shape index (κ3) is 7.65. The van der Waals surface area contributed by atoms with Gasteiger partial charge in [-0.2, -0.15) is 0 Å². The maximum atomic E-state index is 11.4. The average Bonchev–Trinajstić information content (AvgIpc) is 2.11. The summed E-state index contributed by atoms with van der Waals surface area (Å²) in [6.45, 7) is 11.0. The van der Waals surface area contributed by atoms with Gasteiger partial charge in [-0.05, 0) is 25.7 Å². The molecular weight excluding hydrogens is 204 g/mol. The van der Waals surface area contributed by atoms with Crippen molar-refractivity contribution in [3.8, 4) is 0 Å². The van der Waals surface area contributed by atoms with Crippen LogP contribution < -0.4 is 10.6 Å². The number of rotatable bonds is 6. The van der Waals surface area contributed by atoms with Crippen LogP contribution in [-0.4, -0.2) is 36.2 Å². The first kappa shape index (κ1) is 15.4. The van der Waals surface area contributed by atoms with E-state index in [0.717, 1.165) is 6.42 Å². The summed E-state index contributed by atoms with van der Waals surface area (Å²) < 4.78 is 0. The number of likely N-dealkylation sites (N-methyl/N-ethyl adjacent to an activating group) is 1. The Bertz CT molecular complexity index is 212. The highest BCUT2D eigenvalue weighted by Crippen LogP contribution is 2.20. The van der Waals surface area contributed by atoms with E-state index in [0.29, 0.717) is 13.1 Å². The van der Waals surface area contributed by atoms with Crippen LogP contribution in [0, 0.1) is 5.41 Å². The van der Waals surface area contributed by atoms with Gasteiger partial charge in [-0.15, -0.1) is 0 Å². The van der Waals surface area contributed by atoms with Crippen molar-refractivity contribution in [3.63, 3.8) is 0 Å². The van der Waals surface area contributed by atoms with Gasteiger partial charge in [0.2, 0.25) is 5.91 Å². The smallest absolute Gasteiger partial charge is 0.236 e. The zero-order chi connectivity index (χ0) is 12.8. The molecular formula is C12H26N2O2. The van der Waals surface area contributed by atoms with Crippen LogP contribution >= 0.6 is 0 Å². The Labute approximate surface area is 98.8 Å². The lowest BCUT2D eigenvalue weighted by Crippen LogP contribution is -2.45. The quantitative estimate of drug-likeness (QED) is 0.635. The van der Waals surface area contributed by atoms with Gasteiger partial charge in [-0.1, -0.05) is 20.8 Å². The molecule has 0 aliphatic carbocycles. The van der Waals surface area contributed by atoms with Crippen molar-refractivity contribution in [2.24, 2.45) is 5.41 Å². The zero-order valence-electron chi connectivity index (χ0n) is 11.1. The highest BCUT2D eigenvalue weighted by atomic mass is 16.3. The lowest BCUT2D eigenvalue weighted by molar-refractivity contribution is -0.122. The molecule has 0 aliphatic rings. The van der Waals surface area contributed by atoms with Gasteiger partial charge in [-0.25, -0.2) is 0 Å². The molecule has 2 unspecified atom stereocenters. The van der Waals surface area contributed by atoms with Gasteiger partial charge in [0, 0.05) is 13.1 Å². The van der Waals surface area contributed by atoms with Crippen molar-refractivity contribution in [1.29, 1.82) is 0 Å². The minimum atomic E-state index is -0.406. The molecule has 16 heavy (non-hydrogen) atoms.